The predicted molar refractivity (Wildman–Crippen MR) is 58.2 cm³/mol. The molecule has 10 heteroatoms. The van der Waals surface area contributed by atoms with Crippen LogP contribution in [0.25, 0.3) is 0 Å². The van der Waals surface area contributed by atoms with Crippen LogP contribution in [0.15, 0.2) is 6.20 Å². The lowest BCUT2D eigenvalue weighted by Gasteiger charge is -2.11. The van der Waals surface area contributed by atoms with E-state index in [0.29, 0.717) is 0 Å². The SMILES string of the molecule is NCc1ncc(OC(F)(F)F)c(I)c1[N+](=O)[O-]. The fourth-order valence-electron chi connectivity index (χ4n) is 1.03. The molecule has 1 rings (SSSR count). The number of pyridine rings is 1. The van der Waals surface area contributed by atoms with Gasteiger partial charge in [0.25, 0.3) is 0 Å². The number of alkyl halides is 3. The van der Waals surface area contributed by atoms with E-state index in [9.17, 15) is 23.3 Å². The molecule has 0 saturated heterocycles. The van der Waals surface area contributed by atoms with Gasteiger partial charge in [-0.15, -0.1) is 13.2 Å². The van der Waals surface area contributed by atoms with Crippen LogP contribution < -0.4 is 10.5 Å². The number of nitro groups is 1. The van der Waals surface area contributed by atoms with Crippen LogP contribution >= 0.6 is 22.6 Å². The Hall–Kier alpha value is -1.17. The number of nitrogens with zero attached hydrogens (tertiary/aromatic N) is 2. The molecule has 0 fully saturated rings. The highest BCUT2D eigenvalue weighted by molar-refractivity contribution is 14.1. The van der Waals surface area contributed by atoms with Gasteiger partial charge in [0.05, 0.1) is 11.1 Å². The van der Waals surface area contributed by atoms with E-state index in [4.69, 9.17) is 5.73 Å². The molecule has 0 saturated carbocycles. The molecule has 94 valence electrons. The van der Waals surface area contributed by atoms with Crippen molar-refractivity contribution in [2.45, 2.75) is 12.9 Å². The van der Waals surface area contributed by atoms with Gasteiger partial charge in [-0.25, -0.2) is 4.98 Å². The van der Waals surface area contributed by atoms with E-state index < -0.39 is 22.7 Å². The zero-order chi connectivity index (χ0) is 13.2. The molecule has 0 radical (unpaired) electrons. The molecule has 1 heterocycles. The highest BCUT2D eigenvalue weighted by atomic mass is 127. The summed E-state index contributed by atoms with van der Waals surface area (Å²) in [4.78, 5) is 13.3. The molecule has 0 aliphatic heterocycles. The highest BCUT2D eigenvalue weighted by Crippen LogP contribution is 2.34. The number of aromatic nitrogens is 1. The van der Waals surface area contributed by atoms with E-state index in [1.165, 1.54) is 22.6 Å². The third kappa shape index (κ3) is 3.39. The van der Waals surface area contributed by atoms with Crippen LogP contribution in [0.5, 0.6) is 5.75 Å². The Labute approximate surface area is 106 Å². The predicted octanol–water partition coefficient (Wildman–Crippen LogP) is 1.95. The first-order valence-corrected chi connectivity index (χ1v) is 5.11. The van der Waals surface area contributed by atoms with E-state index in [1.807, 2.05) is 0 Å². The van der Waals surface area contributed by atoms with Gasteiger partial charge in [-0.1, -0.05) is 0 Å². The Kier molecular flexibility index (Phi) is 4.08. The van der Waals surface area contributed by atoms with Crippen LogP contribution in [-0.4, -0.2) is 16.3 Å². The molecule has 0 aromatic carbocycles. The molecule has 0 aliphatic rings. The summed E-state index contributed by atoms with van der Waals surface area (Å²) in [7, 11) is 0. The van der Waals surface area contributed by atoms with Crippen LogP contribution in [-0.2, 0) is 6.54 Å². The quantitative estimate of drug-likeness (QED) is 0.504. The Balaban J connectivity index is 3.28. The number of rotatable bonds is 3. The Morgan fingerprint density at radius 3 is 2.59 bits per heavy atom. The van der Waals surface area contributed by atoms with Gasteiger partial charge in [0.15, 0.2) is 5.75 Å². The van der Waals surface area contributed by atoms with E-state index in [2.05, 4.69) is 9.72 Å². The molecule has 2 N–H and O–H groups in total. The molecule has 1 aromatic rings. The minimum Gasteiger partial charge on any atom is -0.403 e. The lowest BCUT2D eigenvalue weighted by atomic mass is 10.3. The summed E-state index contributed by atoms with van der Waals surface area (Å²) in [5.41, 5.74) is 4.52. The summed E-state index contributed by atoms with van der Waals surface area (Å²) in [6.45, 7) is -0.251. The highest BCUT2D eigenvalue weighted by Gasteiger charge is 2.34. The zero-order valence-electron chi connectivity index (χ0n) is 7.99. The van der Waals surface area contributed by atoms with Crippen molar-refractivity contribution in [3.63, 3.8) is 0 Å². The second kappa shape index (κ2) is 5.00. The molecule has 17 heavy (non-hydrogen) atoms. The van der Waals surface area contributed by atoms with Crippen molar-refractivity contribution < 1.29 is 22.8 Å². The Morgan fingerprint density at radius 2 is 2.18 bits per heavy atom. The van der Waals surface area contributed by atoms with Gasteiger partial charge >= 0.3 is 12.0 Å². The second-order valence-corrected chi connectivity index (χ2v) is 3.82. The molecule has 1 aromatic heterocycles. The molecule has 0 aliphatic carbocycles. The van der Waals surface area contributed by atoms with Crippen LogP contribution in [0.4, 0.5) is 18.9 Å². The normalized spacial score (nSPS) is 11.4. The van der Waals surface area contributed by atoms with Gasteiger partial charge in [-0.3, -0.25) is 10.1 Å². The fraction of sp³-hybridized carbons (Fsp3) is 0.286. The first-order valence-electron chi connectivity index (χ1n) is 4.04. The molecule has 0 spiro atoms. The van der Waals surface area contributed by atoms with Crippen molar-refractivity contribution in [1.29, 1.82) is 0 Å². The fourth-order valence-corrected chi connectivity index (χ4v) is 1.79. The second-order valence-electron chi connectivity index (χ2n) is 2.74. The number of hydrogen-bond donors (Lipinski definition) is 1. The van der Waals surface area contributed by atoms with Crippen molar-refractivity contribution in [2.24, 2.45) is 5.73 Å². The van der Waals surface area contributed by atoms with Gasteiger partial charge in [0.1, 0.15) is 9.26 Å². The van der Waals surface area contributed by atoms with Crippen molar-refractivity contribution in [3.05, 3.63) is 25.6 Å². The summed E-state index contributed by atoms with van der Waals surface area (Å²) < 4.78 is 39.3. The number of halogens is 4. The number of ether oxygens (including phenoxy) is 1. The third-order valence-electron chi connectivity index (χ3n) is 1.64. The molecule has 6 nitrogen and oxygen atoms in total. The smallest absolute Gasteiger partial charge is 0.403 e. The van der Waals surface area contributed by atoms with Crippen LogP contribution in [0.3, 0.4) is 0 Å². The monoisotopic (exact) mass is 363 g/mol. The van der Waals surface area contributed by atoms with Gasteiger partial charge in [0, 0.05) is 6.54 Å². The van der Waals surface area contributed by atoms with Crippen molar-refractivity contribution >= 4 is 28.3 Å². The van der Waals surface area contributed by atoms with Crippen LogP contribution in [0, 0.1) is 13.7 Å². The Bertz CT molecular complexity index is 452. The van der Waals surface area contributed by atoms with Crippen molar-refractivity contribution in [3.8, 4) is 5.75 Å². The van der Waals surface area contributed by atoms with Gasteiger partial charge in [-0.05, 0) is 22.6 Å². The minimum absolute atomic E-state index is 0.103. The standard InChI is InChI=1S/C7H5F3IN3O3/c8-7(9,10)17-4-2-13-3(1-12)6(5(4)11)14(15)16/h2H,1,12H2. The maximum atomic E-state index is 12.0. The third-order valence-corrected chi connectivity index (χ3v) is 2.68. The molecular formula is C7H5F3IN3O3. The lowest BCUT2D eigenvalue weighted by Crippen LogP contribution is -2.19. The van der Waals surface area contributed by atoms with E-state index in [0.717, 1.165) is 6.20 Å². The summed E-state index contributed by atoms with van der Waals surface area (Å²) in [6.07, 6.45) is -4.18. The molecular weight excluding hydrogens is 358 g/mol. The average molecular weight is 363 g/mol. The van der Waals surface area contributed by atoms with Crippen LogP contribution in [0.1, 0.15) is 5.69 Å². The molecule has 0 bridgehead atoms. The number of nitrogens with two attached hydrogens (primary N) is 1. The summed E-state index contributed by atoms with van der Waals surface area (Å²) in [5.74, 6) is -0.720. The minimum atomic E-state index is -4.93. The van der Waals surface area contributed by atoms with E-state index in [1.54, 1.807) is 0 Å². The first-order chi connectivity index (χ1) is 7.76. The van der Waals surface area contributed by atoms with Gasteiger partial charge < -0.3 is 10.5 Å². The molecule has 0 amide bonds. The van der Waals surface area contributed by atoms with Crippen molar-refractivity contribution in [1.82, 2.24) is 4.98 Å². The average Bonchev–Trinajstić information content (AvgIpc) is 2.18. The molecule has 0 unspecified atom stereocenters. The maximum Gasteiger partial charge on any atom is 0.573 e. The zero-order valence-corrected chi connectivity index (χ0v) is 10.2. The first kappa shape index (κ1) is 13.9. The Morgan fingerprint density at radius 1 is 1.59 bits per heavy atom. The maximum absolute atomic E-state index is 12.0. The van der Waals surface area contributed by atoms with E-state index in [-0.39, 0.29) is 15.8 Å². The van der Waals surface area contributed by atoms with E-state index >= 15 is 0 Å². The summed E-state index contributed by atoms with van der Waals surface area (Å²) >= 11 is 1.38. The molecule has 0 atom stereocenters. The topological polar surface area (TPSA) is 91.3 Å². The summed E-state index contributed by atoms with van der Waals surface area (Å²) in [6, 6.07) is 0. The number of hydrogen-bond acceptors (Lipinski definition) is 5. The van der Waals surface area contributed by atoms with Gasteiger partial charge in [0.2, 0.25) is 0 Å². The largest absolute Gasteiger partial charge is 0.573 e. The summed E-state index contributed by atoms with van der Waals surface area (Å²) in [5, 5.41) is 10.7. The lowest BCUT2D eigenvalue weighted by molar-refractivity contribution is -0.387. The van der Waals surface area contributed by atoms with Gasteiger partial charge in [-0.2, -0.15) is 0 Å². The van der Waals surface area contributed by atoms with Crippen LogP contribution in [0.2, 0.25) is 0 Å². The van der Waals surface area contributed by atoms with Crippen molar-refractivity contribution in [2.75, 3.05) is 0 Å².